The number of nitrogens with zero attached hydrogens (tertiary/aromatic N) is 3. The van der Waals surface area contributed by atoms with Crippen molar-refractivity contribution >= 4 is 17.4 Å². The molecule has 1 aliphatic rings. The van der Waals surface area contributed by atoms with Gasteiger partial charge in [0, 0.05) is 56.7 Å². The van der Waals surface area contributed by atoms with Gasteiger partial charge in [-0.2, -0.15) is 0 Å². The normalized spacial score (nSPS) is 14.2. The third-order valence-electron chi connectivity index (χ3n) is 4.26. The van der Waals surface area contributed by atoms with Crippen LogP contribution < -0.4 is 15.1 Å². The summed E-state index contributed by atoms with van der Waals surface area (Å²) in [7, 11) is 3.95. The molecule has 132 valence electrons. The number of anilines is 2. The highest BCUT2D eigenvalue weighted by molar-refractivity contribution is 5.94. The van der Waals surface area contributed by atoms with Gasteiger partial charge in [-0.15, -0.1) is 0 Å². The number of carbonyl (C=O) groups is 1. The van der Waals surface area contributed by atoms with Crippen LogP contribution in [0.4, 0.5) is 11.5 Å². The highest BCUT2D eigenvalue weighted by atomic mass is 16.5. The zero-order chi connectivity index (χ0) is 17.6. The van der Waals surface area contributed by atoms with Crippen LogP contribution in [0.25, 0.3) is 0 Å². The summed E-state index contributed by atoms with van der Waals surface area (Å²) < 4.78 is 5.40. The van der Waals surface area contributed by atoms with E-state index in [0.29, 0.717) is 25.3 Å². The zero-order valence-corrected chi connectivity index (χ0v) is 14.7. The van der Waals surface area contributed by atoms with E-state index in [0.717, 1.165) is 30.2 Å². The molecule has 0 aliphatic carbocycles. The first-order chi connectivity index (χ1) is 12.1. The predicted molar refractivity (Wildman–Crippen MR) is 99.2 cm³/mol. The van der Waals surface area contributed by atoms with Crippen LogP contribution in [0.5, 0.6) is 0 Å². The van der Waals surface area contributed by atoms with E-state index in [-0.39, 0.29) is 5.91 Å². The molecule has 3 rings (SSSR count). The SMILES string of the molecule is CN(C)c1ccc(C(=O)NCc2cccnc2N2CCOCC2)cc1. The minimum Gasteiger partial charge on any atom is -0.378 e. The molecule has 25 heavy (non-hydrogen) atoms. The number of pyridine rings is 1. The highest BCUT2D eigenvalue weighted by Gasteiger charge is 2.16. The average molecular weight is 340 g/mol. The van der Waals surface area contributed by atoms with Crippen LogP contribution in [0, 0.1) is 0 Å². The number of ether oxygens (including phenoxy) is 1. The van der Waals surface area contributed by atoms with Gasteiger partial charge in [-0.3, -0.25) is 4.79 Å². The maximum atomic E-state index is 12.4. The summed E-state index contributed by atoms with van der Waals surface area (Å²) in [6.07, 6.45) is 1.79. The lowest BCUT2D eigenvalue weighted by Crippen LogP contribution is -2.37. The number of nitrogens with one attached hydrogen (secondary N) is 1. The Bertz CT molecular complexity index is 710. The van der Waals surface area contributed by atoms with Crippen molar-refractivity contribution in [3.05, 3.63) is 53.7 Å². The molecule has 1 aromatic heterocycles. The topological polar surface area (TPSA) is 57.7 Å². The Morgan fingerprint density at radius 2 is 1.92 bits per heavy atom. The molecule has 1 N–H and O–H groups in total. The minimum atomic E-state index is -0.0814. The molecule has 6 nitrogen and oxygen atoms in total. The molecule has 0 spiro atoms. The van der Waals surface area contributed by atoms with Crippen molar-refractivity contribution in [3.8, 4) is 0 Å². The van der Waals surface area contributed by atoms with Gasteiger partial charge in [-0.25, -0.2) is 4.98 Å². The molecule has 0 radical (unpaired) electrons. The molecule has 1 fully saturated rings. The Kier molecular flexibility index (Phi) is 5.50. The quantitative estimate of drug-likeness (QED) is 0.901. The third-order valence-corrected chi connectivity index (χ3v) is 4.26. The van der Waals surface area contributed by atoms with Crippen LogP contribution >= 0.6 is 0 Å². The van der Waals surface area contributed by atoms with Gasteiger partial charge in [-0.05, 0) is 30.3 Å². The van der Waals surface area contributed by atoms with Gasteiger partial charge in [0.25, 0.3) is 5.91 Å². The van der Waals surface area contributed by atoms with Crippen molar-refractivity contribution in [2.45, 2.75) is 6.54 Å². The summed E-state index contributed by atoms with van der Waals surface area (Å²) in [6, 6.07) is 11.5. The standard InChI is InChI=1S/C19H24N4O2/c1-22(2)17-7-5-15(6-8-17)19(24)21-14-16-4-3-9-20-18(16)23-10-12-25-13-11-23/h3-9H,10-14H2,1-2H3,(H,21,24). The number of rotatable bonds is 5. The van der Waals surface area contributed by atoms with E-state index in [4.69, 9.17) is 4.74 Å². The maximum Gasteiger partial charge on any atom is 0.251 e. The largest absolute Gasteiger partial charge is 0.378 e. The fraction of sp³-hybridized carbons (Fsp3) is 0.368. The van der Waals surface area contributed by atoms with Crippen molar-refractivity contribution in [3.63, 3.8) is 0 Å². The highest BCUT2D eigenvalue weighted by Crippen LogP contribution is 2.18. The van der Waals surface area contributed by atoms with Gasteiger partial charge < -0.3 is 19.9 Å². The number of hydrogen-bond donors (Lipinski definition) is 1. The first-order valence-corrected chi connectivity index (χ1v) is 8.47. The molecule has 0 saturated carbocycles. The number of hydrogen-bond acceptors (Lipinski definition) is 5. The van der Waals surface area contributed by atoms with Crippen LogP contribution in [0.15, 0.2) is 42.6 Å². The van der Waals surface area contributed by atoms with E-state index >= 15 is 0 Å². The van der Waals surface area contributed by atoms with E-state index in [9.17, 15) is 4.79 Å². The molecule has 1 aliphatic heterocycles. The fourth-order valence-corrected chi connectivity index (χ4v) is 2.82. The Morgan fingerprint density at radius 3 is 2.60 bits per heavy atom. The molecule has 1 amide bonds. The lowest BCUT2D eigenvalue weighted by atomic mass is 10.1. The number of amides is 1. The van der Waals surface area contributed by atoms with Gasteiger partial charge >= 0.3 is 0 Å². The van der Waals surface area contributed by atoms with E-state index in [2.05, 4.69) is 15.2 Å². The molecule has 0 bridgehead atoms. The summed E-state index contributed by atoms with van der Waals surface area (Å²) in [5, 5.41) is 2.99. The fourth-order valence-electron chi connectivity index (χ4n) is 2.82. The first kappa shape index (κ1) is 17.2. The molecule has 0 atom stereocenters. The molecule has 1 aromatic carbocycles. The van der Waals surface area contributed by atoms with Crippen LogP contribution in [0.3, 0.4) is 0 Å². The van der Waals surface area contributed by atoms with Crippen molar-refractivity contribution in [2.24, 2.45) is 0 Å². The monoisotopic (exact) mass is 340 g/mol. The molecule has 2 heterocycles. The Hall–Kier alpha value is -2.60. The second kappa shape index (κ2) is 7.98. The Labute approximate surface area is 148 Å². The second-order valence-corrected chi connectivity index (χ2v) is 6.21. The van der Waals surface area contributed by atoms with Crippen LogP contribution in [-0.2, 0) is 11.3 Å². The van der Waals surface area contributed by atoms with E-state index < -0.39 is 0 Å². The number of aromatic nitrogens is 1. The first-order valence-electron chi connectivity index (χ1n) is 8.47. The van der Waals surface area contributed by atoms with Crippen molar-refractivity contribution in [1.29, 1.82) is 0 Å². The molecule has 2 aromatic rings. The van der Waals surface area contributed by atoms with E-state index in [1.807, 2.05) is 55.4 Å². The van der Waals surface area contributed by atoms with Gasteiger partial charge in [0.15, 0.2) is 0 Å². The van der Waals surface area contributed by atoms with Crippen molar-refractivity contribution in [2.75, 3.05) is 50.2 Å². The smallest absolute Gasteiger partial charge is 0.251 e. The van der Waals surface area contributed by atoms with Crippen LogP contribution in [0.2, 0.25) is 0 Å². The van der Waals surface area contributed by atoms with Crippen LogP contribution in [-0.4, -0.2) is 51.3 Å². The van der Waals surface area contributed by atoms with Gasteiger partial charge in [0.2, 0.25) is 0 Å². The van der Waals surface area contributed by atoms with E-state index in [1.165, 1.54) is 0 Å². The lowest BCUT2D eigenvalue weighted by molar-refractivity contribution is 0.0950. The molecule has 1 saturated heterocycles. The van der Waals surface area contributed by atoms with Gasteiger partial charge in [0.05, 0.1) is 13.2 Å². The third kappa shape index (κ3) is 4.28. The number of carbonyl (C=O) groups excluding carboxylic acids is 1. The lowest BCUT2D eigenvalue weighted by Gasteiger charge is -2.29. The molecular formula is C19H24N4O2. The summed E-state index contributed by atoms with van der Waals surface area (Å²) in [5.74, 6) is 0.844. The Morgan fingerprint density at radius 1 is 1.20 bits per heavy atom. The van der Waals surface area contributed by atoms with Gasteiger partial charge in [0.1, 0.15) is 5.82 Å². The summed E-state index contributed by atoms with van der Waals surface area (Å²) >= 11 is 0. The Balaban J connectivity index is 1.66. The summed E-state index contributed by atoms with van der Waals surface area (Å²) in [5.41, 5.74) is 2.74. The van der Waals surface area contributed by atoms with Crippen molar-refractivity contribution in [1.82, 2.24) is 10.3 Å². The molecule has 6 heteroatoms. The molecular weight excluding hydrogens is 316 g/mol. The number of benzene rings is 1. The average Bonchev–Trinajstić information content (AvgIpc) is 2.67. The molecule has 0 unspecified atom stereocenters. The van der Waals surface area contributed by atoms with Crippen molar-refractivity contribution < 1.29 is 9.53 Å². The zero-order valence-electron chi connectivity index (χ0n) is 14.7. The maximum absolute atomic E-state index is 12.4. The summed E-state index contributed by atoms with van der Waals surface area (Å²) in [4.78, 5) is 21.1. The summed E-state index contributed by atoms with van der Waals surface area (Å²) in [6.45, 7) is 3.52. The second-order valence-electron chi connectivity index (χ2n) is 6.21. The van der Waals surface area contributed by atoms with Gasteiger partial charge in [-0.1, -0.05) is 6.07 Å². The predicted octanol–water partition coefficient (Wildman–Crippen LogP) is 1.91. The van der Waals surface area contributed by atoms with E-state index in [1.54, 1.807) is 6.20 Å². The minimum absolute atomic E-state index is 0.0814. The van der Waals surface area contributed by atoms with Crippen LogP contribution in [0.1, 0.15) is 15.9 Å². The number of morpholine rings is 1.